The van der Waals surface area contributed by atoms with Gasteiger partial charge >= 0.3 is 0 Å². The molecule has 22 heavy (non-hydrogen) atoms. The van der Waals surface area contributed by atoms with Gasteiger partial charge in [0.2, 0.25) is 0 Å². The molecule has 0 bridgehead atoms. The van der Waals surface area contributed by atoms with Crippen molar-refractivity contribution in [3.63, 3.8) is 0 Å². The van der Waals surface area contributed by atoms with Gasteiger partial charge in [0.1, 0.15) is 0 Å². The molecule has 1 nitrogen and oxygen atoms in total. The van der Waals surface area contributed by atoms with Crippen LogP contribution in [0.3, 0.4) is 0 Å². The van der Waals surface area contributed by atoms with Crippen LogP contribution in [-0.4, -0.2) is 0 Å². The lowest BCUT2D eigenvalue weighted by molar-refractivity contribution is 0.527. The van der Waals surface area contributed by atoms with E-state index in [0.29, 0.717) is 0 Å². The monoisotopic (exact) mass is 309 g/mol. The van der Waals surface area contributed by atoms with E-state index in [0.717, 1.165) is 6.42 Å². The molecule has 1 heteroatoms. The Bertz CT molecular complexity index is 210. The Balaban J connectivity index is 2.94. The molecule has 0 spiro atoms. The van der Waals surface area contributed by atoms with E-state index in [1.54, 1.807) is 6.20 Å². The smallest absolute Gasteiger partial charge is 0.0103 e. The minimum absolute atomic E-state index is 1.16. The van der Waals surface area contributed by atoms with Crippen LogP contribution in [-0.2, 0) is 0 Å². The van der Waals surface area contributed by atoms with Crippen molar-refractivity contribution in [2.75, 3.05) is 0 Å². The number of hydrogen-bond acceptors (Lipinski definition) is 1. The molecule has 0 heterocycles. The maximum Gasteiger partial charge on any atom is -0.0103 e. The summed E-state index contributed by atoms with van der Waals surface area (Å²) in [6.07, 6.45) is 29.4. The topological polar surface area (TPSA) is 26.0 Å². The van der Waals surface area contributed by atoms with Gasteiger partial charge < -0.3 is 5.73 Å². The quantitative estimate of drug-likeness (QED) is 0.261. The number of allylic oxidation sites excluding steroid dienone is 1. The number of rotatable bonds is 18. The zero-order valence-electron chi connectivity index (χ0n) is 15.5. The molecule has 0 radical (unpaired) electrons. The second-order valence-electron chi connectivity index (χ2n) is 6.87. The molecular weight excluding hydrogens is 266 g/mol. The third kappa shape index (κ3) is 19.5. The van der Waals surface area contributed by atoms with Gasteiger partial charge in [-0.3, -0.25) is 0 Å². The van der Waals surface area contributed by atoms with Crippen molar-refractivity contribution in [2.45, 2.75) is 122 Å². The van der Waals surface area contributed by atoms with E-state index in [2.05, 4.69) is 13.0 Å². The molecule has 0 fully saturated rings. The average Bonchev–Trinajstić information content (AvgIpc) is 2.54. The van der Waals surface area contributed by atoms with Crippen LogP contribution < -0.4 is 5.73 Å². The summed E-state index contributed by atoms with van der Waals surface area (Å²) in [5.41, 5.74) is 5.32. The lowest BCUT2D eigenvalue weighted by atomic mass is 10.0. The van der Waals surface area contributed by atoms with Gasteiger partial charge in [0.05, 0.1) is 0 Å². The average molecular weight is 310 g/mol. The summed E-state index contributed by atoms with van der Waals surface area (Å²) >= 11 is 0. The fraction of sp³-hybridized carbons (Fsp3) is 0.905. The number of nitrogens with two attached hydrogens (primary N) is 1. The van der Waals surface area contributed by atoms with E-state index in [1.165, 1.54) is 109 Å². The molecule has 0 rings (SSSR count). The molecule has 0 aromatic heterocycles. The molecule has 0 aromatic rings. The first-order valence-corrected chi connectivity index (χ1v) is 10.3. The minimum Gasteiger partial charge on any atom is -0.405 e. The second kappa shape index (κ2) is 20.5. The first-order valence-electron chi connectivity index (χ1n) is 10.3. The Morgan fingerprint density at radius 1 is 0.500 bits per heavy atom. The number of unbranched alkanes of at least 4 members (excludes halogenated alkanes) is 17. The van der Waals surface area contributed by atoms with Crippen molar-refractivity contribution >= 4 is 0 Å². The summed E-state index contributed by atoms with van der Waals surface area (Å²) in [5, 5.41) is 0. The lowest BCUT2D eigenvalue weighted by Crippen LogP contribution is -1.84. The van der Waals surface area contributed by atoms with E-state index < -0.39 is 0 Å². The van der Waals surface area contributed by atoms with Crippen molar-refractivity contribution in [3.8, 4) is 0 Å². The SMILES string of the molecule is CCCCCCCCCCCCCCCCCCCC=CN. The van der Waals surface area contributed by atoms with E-state index in [9.17, 15) is 0 Å². The van der Waals surface area contributed by atoms with Gasteiger partial charge in [-0.25, -0.2) is 0 Å². The fourth-order valence-corrected chi connectivity index (χ4v) is 3.08. The van der Waals surface area contributed by atoms with Crippen LogP contribution in [0.5, 0.6) is 0 Å². The highest BCUT2D eigenvalue weighted by Crippen LogP contribution is 2.14. The van der Waals surface area contributed by atoms with Crippen LogP contribution in [0.1, 0.15) is 122 Å². The molecule has 0 atom stereocenters. The molecule has 0 aliphatic carbocycles. The Morgan fingerprint density at radius 3 is 1.14 bits per heavy atom. The summed E-state index contributed by atoms with van der Waals surface area (Å²) in [7, 11) is 0. The fourth-order valence-electron chi connectivity index (χ4n) is 3.08. The maximum absolute atomic E-state index is 5.32. The third-order valence-electron chi connectivity index (χ3n) is 4.61. The van der Waals surface area contributed by atoms with Gasteiger partial charge in [0, 0.05) is 0 Å². The van der Waals surface area contributed by atoms with Crippen LogP contribution >= 0.6 is 0 Å². The predicted octanol–water partition coefficient (Wildman–Crippen LogP) is 7.50. The summed E-state index contributed by atoms with van der Waals surface area (Å²) in [5.74, 6) is 0. The molecule has 0 saturated heterocycles. The molecule has 0 aromatic carbocycles. The zero-order chi connectivity index (χ0) is 16.1. The third-order valence-corrected chi connectivity index (χ3v) is 4.61. The minimum atomic E-state index is 1.16. The molecule has 0 aliphatic rings. The number of hydrogen-bond donors (Lipinski definition) is 1. The molecule has 132 valence electrons. The highest BCUT2D eigenvalue weighted by atomic mass is 14.5. The van der Waals surface area contributed by atoms with Crippen molar-refractivity contribution in [1.82, 2.24) is 0 Å². The first kappa shape index (κ1) is 21.5. The molecule has 2 N–H and O–H groups in total. The van der Waals surface area contributed by atoms with Gasteiger partial charge in [-0.15, -0.1) is 0 Å². The maximum atomic E-state index is 5.32. The molecular formula is C21H43N. The molecule has 0 amide bonds. The Morgan fingerprint density at radius 2 is 0.818 bits per heavy atom. The van der Waals surface area contributed by atoms with Crippen LogP contribution in [0.4, 0.5) is 0 Å². The molecule has 0 saturated carbocycles. The van der Waals surface area contributed by atoms with E-state index >= 15 is 0 Å². The summed E-state index contributed by atoms with van der Waals surface area (Å²) in [4.78, 5) is 0. The normalized spacial score (nSPS) is 11.5. The van der Waals surface area contributed by atoms with Gasteiger partial charge in [-0.05, 0) is 19.0 Å². The van der Waals surface area contributed by atoms with Crippen molar-refractivity contribution in [3.05, 3.63) is 12.3 Å². The predicted molar refractivity (Wildman–Crippen MR) is 102 cm³/mol. The molecule has 0 unspecified atom stereocenters. The zero-order valence-corrected chi connectivity index (χ0v) is 15.5. The first-order chi connectivity index (χ1) is 10.9. The van der Waals surface area contributed by atoms with E-state index in [-0.39, 0.29) is 0 Å². The Kier molecular flexibility index (Phi) is 20.1. The van der Waals surface area contributed by atoms with Gasteiger partial charge in [-0.1, -0.05) is 116 Å². The summed E-state index contributed by atoms with van der Waals surface area (Å²) in [6.45, 7) is 2.29. The van der Waals surface area contributed by atoms with Gasteiger partial charge in [-0.2, -0.15) is 0 Å². The largest absolute Gasteiger partial charge is 0.405 e. The highest BCUT2D eigenvalue weighted by molar-refractivity contribution is 4.74. The lowest BCUT2D eigenvalue weighted by Gasteiger charge is -2.03. The highest BCUT2D eigenvalue weighted by Gasteiger charge is 1.94. The molecule has 0 aliphatic heterocycles. The Labute approximate surface area is 141 Å². The van der Waals surface area contributed by atoms with Crippen LogP contribution in [0.15, 0.2) is 12.3 Å². The summed E-state index contributed by atoms with van der Waals surface area (Å²) < 4.78 is 0. The van der Waals surface area contributed by atoms with Crippen LogP contribution in [0, 0.1) is 0 Å². The van der Waals surface area contributed by atoms with Crippen molar-refractivity contribution < 1.29 is 0 Å². The van der Waals surface area contributed by atoms with E-state index in [1.807, 2.05) is 0 Å². The Hall–Kier alpha value is -0.460. The van der Waals surface area contributed by atoms with Gasteiger partial charge in [0.25, 0.3) is 0 Å². The standard InChI is InChI=1S/C21H43N/c1-2-3-4-5-6-7-8-9-10-11-12-13-14-15-16-17-18-19-20-21-22/h20-21H,2-19,22H2,1H3. The summed E-state index contributed by atoms with van der Waals surface area (Å²) in [6, 6.07) is 0. The van der Waals surface area contributed by atoms with Crippen molar-refractivity contribution in [2.24, 2.45) is 5.73 Å². The van der Waals surface area contributed by atoms with Crippen LogP contribution in [0.25, 0.3) is 0 Å². The van der Waals surface area contributed by atoms with Crippen molar-refractivity contribution in [1.29, 1.82) is 0 Å². The van der Waals surface area contributed by atoms with Crippen LogP contribution in [0.2, 0.25) is 0 Å². The van der Waals surface area contributed by atoms with Gasteiger partial charge in [0.15, 0.2) is 0 Å². The second-order valence-corrected chi connectivity index (χ2v) is 6.87. The van der Waals surface area contributed by atoms with E-state index in [4.69, 9.17) is 5.73 Å².